The number of hydrogen-bond acceptors (Lipinski definition) is 2. The van der Waals surface area contributed by atoms with Crippen molar-refractivity contribution in [3.8, 4) is 0 Å². The van der Waals surface area contributed by atoms with Crippen LogP contribution in [0.3, 0.4) is 0 Å². The lowest BCUT2D eigenvalue weighted by Gasteiger charge is -2.01. The van der Waals surface area contributed by atoms with Crippen molar-refractivity contribution in [2.24, 2.45) is 11.7 Å². The summed E-state index contributed by atoms with van der Waals surface area (Å²) in [5, 5.41) is 4.08. The van der Waals surface area contributed by atoms with Crippen molar-refractivity contribution < 1.29 is 4.79 Å². The van der Waals surface area contributed by atoms with E-state index in [1.165, 1.54) is 19.0 Å². The summed E-state index contributed by atoms with van der Waals surface area (Å²) in [6.45, 7) is 0.961. The van der Waals surface area contributed by atoms with Crippen LogP contribution in [-0.2, 0) is 6.54 Å². The first-order chi connectivity index (χ1) is 7.25. The van der Waals surface area contributed by atoms with Gasteiger partial charge in [0, 0.05) is 18.9 Å². The first-order valence-electron chi connectivity index (χ1n) is 5.08. The molecule has 0 aliphatic heterocycles. The Morgan fingerprint density at radius 1 is 1.53 bits per heavy atom. The van der Waals surface area contributed by atoms with Gasteiger partial charge in [0.05, 0.1) is 6.20 Å². The van der Waals surface area contributed by atoms with Crippen LogP contribution < -0.4 is 5.73 Å². The van der Waals surface area contributed by atoms with Crippen LogP contribution in [0.25, 0.3) is 5.65 Å². The van der Waals surface area contributed by atoms with Crippen LogP contribution in [0.1, 0.15) is 23.2 Å². The van der Waals surface area contributed by atoms with Crippen LogP contribution in [0, 0.1) is 5.92 Å². The quantitative estimate of drug-likeness (QED) is 0.797. The van der Waals surface area contributed by atoms with Crippen LogP contribution in [0.5, 0.6) is 0 Å². The maximum atomic E-state index is 11.2. The SMILES string of the molecule is NC(=O)c1cnn2ccn(CC3CC3)c12. The van der Waals surface area contributed by atoms with Gasteiger partial charge in [0.1, 0.15) is 11.2 Å². The summed E-state index contributed by atoms with van der Waals surface area (Å²) < 4.78 is 3.76. The summed E-state index contributed by atoms with van der Waals surface area (Å²) in [6, 6.07) is 0. The molecule has 1 fully saturated rings. The highest BCUT2D eigenvalue weighted by molar-refractivity contribution is 5.98. The molecule has 0 radical (unpaired) electrons. The summed E-state index contributed by atoms with van der Waals surface area (Å²) in [6.07, 6.45) is 7.90. The van der Waals surface area contributed by atoms with Crippen LogP contribution in [0.4, 0.5) is 0 Å². The lowest BCUT2D eigenvalue weighted by molar-refractivity contribution is 0.100. The van der Waals surface area contributed by atoms with E-state index in [1.807, 2.05) is 12.4 Å². The number of carbonyl (C=O) groups is 1. The number of fused-ring (bicyclic) bond motifs is 1. The number of carbonyl (C=O) groups excluding carboxylic acids is 1. The van der Waals surface area contributed by atoms with Gasteiger partial charge in [-0.25, -0.2) is 4.52 Å². The third-order valence-electron chi connectivity index (χ3n) is 2.85. The van der Waals surface area contributed by atoms with Gasteiger partial charge in [0.2, 0.25) is 0 Å². The average Bonchev–Trinajstić information content (AvgIpc) is 2.76. The van der Waals surface area contributed by atoms with Crippen LogP contribution >= 0.6 is 0 Å². The number of primary amides is 1. The van der Waals surface area contributed by atoms with Crippen molar-refractivity contribution >= 4 is 11.6 Å². The fourth-order valence-corrected chi connectivity index (χ4v) is 1.87. The van der Waals surface area contributed by atoms with Gasteiger partial charge in [-0.15, -0.1) is 0 Å². The molecule has 1 aliphatic rings. The van der Waals surface area contributed by atoms with Gasteiger partial charge < -0.3 is 10.3 Å². The molecule has 0 atom stereocenters. The van der Waals surface area contributed by atoms with Crippen molar-refractivity contribution in [3.63, 3.8) is 0 Å². The Morgan fingerprint density at radius 3 is 3.00 bits per heavy atom. The smallest absolute Gasteiger partial charge is 0.254 e. The number of rotatable bonds is 3. The zero-order valence-electron chi connectivity index (χ0n) is 8.26. The number of nitrogens with zero attached hydrogens (tertiary/aromatic N) is 3. The van der Waals surface area contributed by atoms with Crippen molar-refractivity contribution in [1.82, 2.24) is 14.2 Å². The number of imidazole rings is 1. The second kappa shape index (κ2) is 2.85. The van der Waals surface area contributed by atoms with E-state index < -0.39 is 5.91 Å². The maximum Gasteiger partial charge on any atom is 0.254 e. The number of aromatic nitrogens is 3. The molecule has 1 saturated carbocycles. The van der Waals surface area contributed by atoms with Gasteiger partial charge in [0.15, 0.2) is 0 Å². The first-order valence-corrected chi connectivity index (χ1v) is 5.08. The fraction of sp³-hybridized carbons (Fsp3) is 0.400. The first kappa shape index (κ1) is 8.52. The monoisotopic (exact) mass is 204 g/mol. The average molecular weight is 204 g/mol. The van der Waals surface area contributed by atoms with E-state index >= 15 is 0 Å². The van der Waals surface area contributed by atoms with Crippen molar-refractivity contribution in [1.29, 1.82) is 0 Å². The van der Waals surface area contributed by atoms with Crippen LogP contribution in [-0.4, -0.2) is 20.1 Å². The molecular formula is C10H12N4O. The van der Waals surface area contributed by atoms with E-state index in [-0.39, 0.29) is 0 Å². The van der Waals surface area contributed by atoms with E-state index in [9.17, 15) is 4.79 Å². The molecule has 0 saturated heterocycles. The summed E-state index contributed by atoms with van der Waals surface area (Å²) in [4.78, 5) is 11.2. The molecule has 78 valence electrons. The second-order valence-corrected chi connectivity index (χ2v) is 4.08. The Balaban J connectivity index is 2.11. The van der Waals surface area contributed by atoms with Gasteiger partial charge in [-0.05, 0) is 18.8 Å². The number of nitrogens with two attached hydrogens (primary N) is 1. The highest BCUT2D eigenvalue weighted by Gasteiger charge is 2.23. The lowest BCUT2D eigenvalue weighted by atomic mass is 10.3. The molecular weight excluding hydrogens is 192 g/mol. The molecule has 2 N–H and O–H groups in total. The minimum Gasteiger partial charge on any atom is -0.365 e. The molecule has 2 aromatic heterocycles. The topological polar surface area (TPSA) is 65.3 Å². The maximum absolute atomic E-state index is 11.2. The lowest BCUT2D eigenvalue weighted by Crippen LogP contribution is -2.12. The zero-order chi connectivity index (χ0) is 10.4. The molecule has 0 unspecified atom stereocenters. The molecule has 5 nitrogen and oxygen atoms in total. The Bertz CT molecular complexity index is 520. The fourth-order valence-electron chi connectivity index (χ4n) is 1.87. The number of amides is 1. The third kappa shape index (κ3) is 1.31. The summed E-state index contributed by atoms with van der Waals surface area (Å²) in [5.74, 6) is 0.345. The van der Waals surface area contributed by atoms with Crippen LogP contribution in [0.2, 0.25) is 0 Å². The standard InChI is InChI=1S/C10H12N4O/c11-9(15)8-5-12-14-4-3-13(10(8)14)6-7-1-2-7/h3-5,7H,1-2,6H2,(H2,11,15). The van der Waals surface area contributed by atoms with E-state index in [0.717, 1.165) is 18.1 Å². The number of hydrogen-bond donors (Lipinski definition) is 1. The molecule has 5 heteroatoms. The molecule has 1 amide bonds. The van der Waals surface area contributed by atoms with Crippen molar-refractivity contribution in [2.45, 2.75) is 19.4 Å². The van der Waals surface area contributed by atoms with E-state index in [1.54, 1.807) is 4.52 Å². The van der Waals surface area contributed by atoms with Gasteiger partial charge in [0.25, 0.3) is 5.91 Å². The molecule has 0 aromatic carbocycles. The predicted molar refractivity (Wildman–Crippen MR) is 54.4 cm³/mol. The Labute approximate surface area is 86.5 Å². The largest absolute Gasteiger partial charge is 0.365 e. The summed E-state index contributed by atoms with van der Waals surface area (Å²) in [5.41, 5.74) is 6.61. The van der Waals surface area contributed by atoms with E-state index in [0.29, 0.717) is 5.56 Å². The Morgan fingerprint density at radius 2 is 2.33 bits per heavy atom. The zero-order valence-corrected chi connectivity index (χ0v) is 8.26. The minimum absolute atomic E-state index is 0.416. The third-order valence-corrected chi connectivity index (χ3v) is 2.85. The molecule has 1 aliphatic carbocycles. The Kier molecular flexibility index (Phi) is 1.62. The predicted octanol–water partition coefficient (Wildman–Crippen LogP) is 0.645. The summed E-state index contributed by atoms with van der Waals surface area (Å²) in [7, 11) is 0. The normalized spacial score (nSPS) is 16.0. The molecule has 3 rings (SSSR count). The van der Waals surface area contributed by atoms with Crippen LogP contribution in [0.15, 0.2) is 18.6 Å². The highest BCUT2D eigenvalue weighted by Crippen LogP contribution is 2.31. The minimum atomic E-state index is -0.416. The van der Waals surface area contributed by atoms with Gasteiger partial charge in [-0.3, -0.25) is 4.79 Å². The van der Waals surface area contributed by atoms with Crippen molar-refractivity contribution in [2.75, 3.05) is 0 Å². The molecule has 15 heavy (non-hydrogen) atoms. The molecule has 0 bridgehead atoms. The highest BCUT2D eigenvalue weighted by atomic mass is 16.1. The molecule has 2 heterocycles. The second-order valence-electron chi connectivity index (χ2n) is 4.08. The van der Waals surface area contributed by atoms with Crippen molar-refractivity contribution in [3.05, 3.63) is 24.2 Å². The van der Waals surface area contributed by atoms with Gasteiger partial charge in [-0.2, -0.15) is 5.10 Å². The molecule has 0 spiro atoms. The van der Waals surface area contributed by atoms with E-state index in [2.05, 4.69) is 9.67 Å². The molecule has 2 aromatic rings. The van der Waals surface area contributed by atoms with Gasteiger partial charge >= 0.3 is 0 Å². The van der Waals surface area contributed by atoms with E-state index in [4.69, 9.17) is 5.73 Å². The Hall–Kier alpha value is -1.78. The summed E-state index contributed by atoms with van der Waals surface area (Å²) >= 11 is 0. The van der Waals surface area contributed by atoms with Gasteiger partial charge in [-0.1, -0.05) is 0 Å².